The molecule has 4 heteroatoms. The van der Waals surface area contributed by atoms with Gasteiger partial charge in [0.15, 0.2) is 0 Å². The summed E-state index contributed by atoms with van der Waals surface area (Å²) in [5.41, 5.74) is 14.6. The fourth-order valence-electron chi connectivity index (χ4n) is 8.25. The van der Waals surface area contributed by atoms with Gasteiger partial charge < -0.3 is 9.80 Å². The largest absolute Gasteiger partial charge is 0.311 e. The first-order valence-electron chi connectivity index (χ1n) is 16.4. The van der Waals surface area contributed by atoms with Crippen LogP contribution in [0, 0.1) is 0 Å². The van der Waals surface area contributed by atoms with Gasteiger partial charge in [-0.15, -0.1) is 0 Å². The molecule has 1 aromatic heterocycles. The molecule has 46 heavy (non-hydrogen) atoms. The van der Waals surface area contributed by atoms with Crippen LogP contribution in [0.2, 0.25) is 0 Å². The van der Waals surface area contributed by atoms with E-state index in [1.807, 2.05) is 0 Å². The SMILES string of the molecule is c1ccc(N2c3ccccc3B3c4sc5c(c4N(c4ccccc4)c4cc(-c6cccc7ccccc67)cc2c43)CCCC5)cc1. The Morgan fingerprint density at radius 2 is 1.22 bits per heavy atom. The number of hydrogen-bond acceptors (Lipinski definition) is 3. The molecule has 2 aliphatic heterocycles. The summed E-state index contributed by atoms with van der Waals surface area (Å²) in [6, 6.07) is 51.7. The second-order valence-electron chi connectivity index (χ2n) is 12.7. The smallest absolute Gasteiger partial charge is 0.264 e. The van der Waals surface area contributed by atoms with Crippen molar-refractivity contribution in [1.82, 2.24) is 0 Å². The monoisotopic (exact) mass is 606 g/mol. The van der Waals surface area contributed by atoms with Crippen molar-refractivity contribution in [3.05, 3.63) is 150 Å². The number of aryl methyl sites for hydroxylation is 1. The summed E-state index contributed by atoms with van der Waals surface area (Å²) in [4.78, 5) is 6.72. The van der Waals surface area contributed by atoms with Crippen LogP contribution >= 0.6 is 11.3 Å². The number of thiophene rings is 1. The van der Waals surface area contributed by atoms with Crippen molar-refractivity contribution >= 4 is 78.6 Å². The Morgan fingerprint density at radius 3 is 2.04 bits per heavy atom. The van der Waals surface area contributed by atoms with Gasteiger partial charge in [-0.25, -0.2) is 0 Å². The third kappa shape index (κ3) is 3.77. The van der Waals surface area contributed by atoms with Gasteiger partial charge in [-0.2, -0.15) is 11.3 Å². The van der Waals surface area contributed by atoms with Crippen LogP contribution < -0.4 is 25.5 Å². The van der Waals surface area contributed by atoms with E-state index < -0.39 is 0 Å². The van der Waals surface area contributed by atoms with Crippen molar-refractivity contribution in [2.24, 2.45) is 0 Å². The molecular formula is C42H31BN2S. The van der Waals surface area contributed by atoms with Crippen LogP contribution in [-0.2, 0) is 12.8 Å². The summed E-state index contributed by atoms with van der Waals surface area (Å²) in [6.07, 6.45) is 4.88. The normalized spacial score (nSPS) is 14.5. The summed E-state index contributed by atoms with van der Waals surface area (Å²) in [7, 11) is 0. The Kier molecular flexibility index (Phi) is 5.83. The molecule has 0 bridgehead atoms. The summed E-state index contributed by atoms with van der Waals surface area (Å²) in [5, 5.41) is 2.55. The number of fused-ring (bicyclic) bond motifs is 7. The molecule has 218 valence electrons. The highest BCUT2D eigenvalue weighted by molar-refractivity contribution is 7.29. The van der Waals surface area contributed by atoms with Crippen molar-refractivity contribution in [2.45, 2.75) is 25.7 Å². The predicted molar refractivity (Wildman–Crippen MR) is 198 cm³/mol. The molecule has 0 spiro atoms. The average molecular weight is 607 g/mol. The van der Waals surface area contributed by atoms with Crippen LogP contribution in [0.5, 0.6) is 0 Å². The van der Waals surface area contributed by atoms with Crippen LogP contribution in [0.15, 0.2) is 140 Å². The Morgan fingerprint density at radius 1 is 0.565 bits per heavy atom. The summed E-state index contributed by atoms with van der Waals surface area (Å²) < 4.78 is 1.50. The molecular weight excluding hydrogens is 575 g/mol. The Labute approximate surface area is 274 Å². The van der Waals surface area contributed by atoms with Gasteiger partial charge in [0.05, 0.1) is 5.69 Å². The first-order valence-corrected chi connectivity index (χ1v) is 17.3. The van der Waals surface area contributed by atoms with Gasteiger partial charge in [0, 0.05) is 38.1 Å². The van der Waals surface area contributed by atoms with Gasteiger partial charge in [-0.3, -0.25) is 0 Å². The molecule has 10 rings (SSSR count). The first-order chi connectivity index (χ1) is 22.8. The highest BCUT2D eigenvalue weighted by atomic mass is 32.1. The quantitative estimate of drug-likeness (QED) is 0.185. The van der Waals surface area contributed by atoms with Gasteiger partial charge in [0.2, 0.25) is 0 Å². The van der Waals surface area contributed by atoms with E-state index in [1.54, 1.807) is 10.4 Å². The van der Waals surface area contributed by atoms with Gasteiger partial charge in [-0.1, -0.05) is 97.1 Å². The zero-order valence-corrected chi connectivity index (χ0v) is 26.3. The maximum atomic E-state index is 2.62. The van der Waals surface area contributed by atoms with Gasteiger partial charge in [0.25, 0.3) is 6.71 Å². The standard InChI is InChI=1S/C42H31BN2S/c1-3-16-30(17-4-1)44-36-24-11-10-23-35(36)43-40-37(44)26-29(33-22-13-15-28-14-7-8-20-32(28)33)27-38(40)45(31-18-5-2-6-19-31)41-34-21-9-12-25-39(34)46-42(41)43/h1-8,10-11,13-20,22-24,26-27H,9,12,21,25H2. The average Bonchev–Trinajstić information content (AvgIpc) is 3.51. The molecule has 1 aliphatic carbocycles. The molecule has 2 nitrogen and oxygen atoms in total. The number of benzene rings is 6. The van der Waals surface area contributed by atoms with Gasteiger partial charge >= 0.3 is 0 Å². The Hall–Kier alpha value is -5.06. The second kappa shape index (κ2) is 10.2. The minimum atomic E-state index is 0.188. The van der Waals surface area contributed by atoms with E-state index >= 15 is 0 Å². The molecule has 0 N–H and O–H groups in total. The van der Waals surface area contributed by atoms with Gasteiger partial charge in [-0.05, 0) is 107 Å². The number of para-hydroxylation sites is 3. The lowest BCUT2D eigenvalue weighted by molar-refractivity contribution is 0.697. The number of anilines is 6. The third-order valence-corrected chi connectivity index (χ3v) is 11.5. The molecule has 0 radical (unpaired) electrons. The fraction of sp³-hybridized carbons (Fsp3) is 0.0952. The zero-order chi connectivity index (χ0) is 30.2. The lowest BCUT2D eigenvalue weighted by Crippen LogP contribution is -2.60. The van der Waals surface area contributed by atoms with E-state index in [4.69, 9.17) is 0 Å². The molecule has 7 aromatic rings. The summed E-state index contributed by atoms with van der Waals surface area (Å²) in [6.45, 7) is 0.188. The fourth-order valence-corrected chi connectivity index (χ4v) is 9.75. The molecule has 0 unspecified atom stereocenters. The van der Waals surface area contributed by atoms with Gasteiger partial charge in [0.1, 0.15) is 0 Å². The highest BCUT2D eigenvalue weighted by Gasteiger charge is 2.46. The first kappa shape index (κ1) is 26.2. The lowest BCUT2D eigenvalue weighted by atomic mass is 9.36. The molecule has 0 atom stereocenters. The third-order valence-electron chi connectivity index (χ3n) is 10.2. The minimum absolute atomic E-state index is 0.188. The van der Waals surface area contributed by atoms with Crippen LogP contribution in [0.1, 0.15) is 23.3 Å². The van der Waals surface area contributed by atoms with Crippen molar-refractivity contribution in [3.63, 3.8) is 0 Å². The maximum Gasteiger partial charge on any atom is 0.264 e. The molecule has 3 aliphatic rings. The summed E-state index contributed by atoms with van der Waals surface area (Å²) in [5.74, 6) is 0. The number of rotatable bonds is 3. The summed E-state index contributed by atoms with van der Waals surface area (Å²) >= 11 is 2.08. The van der Waals surface area contributed by atoms with Crippen molar-refractivity contribution in [1.29, 1.82) is 0 Å². The topological polar surface area (TPSA) is 6.48 Å². The lowest BCUT2D eigenvalue weighted by Gasteiger charge is -2.43. The Bertz CT molecular complexity index is 2290. The van der Waals surface area contributed by atoms with Crippen LogP contribution in [-0.4, -0.2) is 6.71 Å². The van der Waals surface area contributed by atoms with E-state index in [9.17, 15) is 0 Å². The van der Waals surface area contributed by atoms with E-state index in [1.165, 1.54) is 91.0 Å². The Balaban J connectivity index is 1.36. The van der Waals surface area contributed by atoms with Crippen molar-refractivity contribution in [3.8, 4) is 11.1 Å². The molecule has 0 amide bonds. The molecule has 0 saturated heterocycles. The highest BCUT2D eigenvalue weighted by Crippen LogP contribution is 2.49. The van der Waals surface area contributed by atoms with Crippen LogP contribution in [0.25, 0.3) is 21.9 Å². The van der Waals surface area contributed by atoms with Crippen molar-refractivity contribution in [2.75, 3.05) is 9.80 Å². The van der Waals surface area contributed by atoms with E-state index in [2.05, 4.69) is 161 Å². The van der Waals surface area contributed by atoms with E-state index in [-0.39, 0.29) is 6.71 Å². The molecule has 6 aromatic carbocycles. The molecule has 3 heterocycles. The second-order valence-corrected chi connectivity index (χ2v) is 13.8. The zero-order valence-electron chi connectivity index (χ0n) is 25.5. The maximum absolute atomic E-state index is 2.62. The van der Waals surface area contributed by atoms with Crippen LogP contribution in [0.3, 0.4) is 0 Å². The van der Waals surface area contributed by atoms with Crippen LogP contribution in [0.4, 0.5) is 34.1 Å². The van der Waals surface area contributed by atoms with Crippen molar-refractivity contribution < 1.29 is 0 Å². The molecule has 0 fully saturated rings. The molecule has 0 saturated carbocycles. The predicted octanol–water partition coefficient (Wildman–Crippen LogP) is 9.53. The number of hydrogen-bond donors (Lipinski definition) is 0. The van der Waals surface area contributed by atoms with E-state index in [0.29, 0.717) is 0 Å². The minimum Gasteiger partial charge on any atom is -0.311 e. The number of nitrogens with zero attached hydrogens (tertiary/aromatic N) is 2. The van der Waals surface area contributed by atoms with E-state index in [0.717, 1.165) is 6.42 Å².